The molecule has 0 saturated carbocycles. The van der Waals surface area contributed by atoms with Crippen molar-refractivity contribution in [2.24, 2.45) is 0 Å². The minimum absolute atomic E-state index is 0.0188. The van der Waals surface area contributed by atoms with E-state index in [-0.39, 0.29) is 29.3 Å². The van der Waals surface area contributed by atoms with E-state index in [2.05, 4.69) is 15.4 Å². The summed E-state index contributed by atoms with van der Waals surface area (Å²) in [6.07, 6.45) is 1.69. The van der Waals surface area contributed by atoms with Crippen molar-refractivity contribution in [2.75, 3.05) is 16.3 Å². The van der Waals surface area contributed by atoms with E-state index >= 15 is 0 Å². The zero-order valence-corrected chi connectivity index (χ0v) is 14.9. The van der Waals surface area contributed by atoms with Crippen molar-refractivity contribution in [1.82, 2.24) is 5.32 Å². The molecule has 2 amide bonds. The van der Waals surface area contributed by atoms with Gasteiger partial charge < -0.3 is 15.7 Å². The number of hydrogen-bond acceptors (Lipinski definition) is 5. The van der Waals surface area contributed by atoms with E-state index in [0.29, 0.717) is 6.42 Å². The van der Waals surface area contributed by atoms with Crippen molar-refractivity contribution in [3.8, 4) is 0 Å². The van der Waals surface area contributed by atoms with Gasteiger partial charge in [0.1, 0.15) is 6.04 Å². The zero-order valence-electron chi connectivity index (χ0n) is 14.1. The van der Waals surface area contributed by atoms with Gasteiger partial charge in [-0.25, -0.2) is 13.2 Å². The Morgan fingerprint density at radius 3 is 2.36 bits per heavy atom. The second-order valence-electron chi connectivity index (χ2n) is 5.47. The summed E-state index contributed by atoms with van der Waals surface area (Å²) in [7, 11) is -3.66. The van der Waals surface area contributed by atoms with Gasteiger partial charge in [-0.15, -0.1) is 0 Å². The molecule has 0 aromatic heterocycles. The summed E-state index contributed by atoms with van der Waals surface area (Å²) in [5, 5.41) is 14.0. The average Bonchev–Trinajstić information content (AvgIpc) is 2.46. The minimum Gasteiger partial charge on any atom is -0.480 e. The van der Waals surface area contributed by atoms with Crippen molar-refractivity contribution in [3.63, 3.8) is 0 Å². The number of carbonyl (C=O) groups excluding carboxylic acids is 2. The highest BCUT2D eigenvalue weighted by atomic mass is 32.2. The molecule has 1 atom stereocenters. The number of hydrogen-bond donors (Lipinski definition) is 4. The van der Waals surface area contributed by atoms with Crippen molar-refractivity contribution in [1.29, 1.82) is 0 Å². The molecule has 1 unspecified atom stereocenters. The molecule has 0 bridgehead atoms. The van der Waals surface area contributed by atoms with Gasteiger partial charge in [-0.3, -0.25) is 14.3 Å². The monoisotopic (exact) mass is 371 g/mol. The molecule has 25 heavy (non-hydrogen) atoms. The topological polar surface area (TPSA) is 142 Å². The van der Waals surface area contributed by atoms with Gasteiger partial charge in [-0.1, -0.05) is 13.3 Å². The molecule has 0 heterocycles. The standard InChI is InChI=1S/C15H21N3O6S/c1-4-5-13(15(21)22)17-14(20)11-8-10(16-9(2)19)6-7-12(11)18-25(3,23)24/h6-8,13,18H,4-5H2,1-3H3,(H,16,19)(H,17,20)(H,21,22). The molecule has 1 rings (SSSR count). The van der Waals surface area contributed by atoms with E-state index in [4.69, 9.17) is 5.11 Å². The van der Waals surface area contributed by atoms with Crippen LogP contribution in [-0.4, -0.2) is 43.6 Å². The molecule has 9 nitrogen and oxygen atoms in total. The van der Waals surface area contributed by atoms with Crippen LogP contribution in [0, 0.1) is 0 Å². The fraction of sp³-hybridized carbons (Fsp3) is 0.400. The number of nitrogens with one attached hydrogen (secondary N) is 3. The predicted octanol–water partition coefficient (Wildman–Crippen LogP) is 1.000. The third-order valence-corrected chi connectivity index (χ3v) is 3.65. The molecular weight excluding hydrogens is 350 g/mol. The van der Waals surface area contributed by atoms with Crippen LogP contribution in [0.2, 0.25) is 0 Å². The van der Waals surface area contributed by atoms with Crippen molar-refractivity contribution in [3.05, 3.63) is 23.8 Å². The van der Waals surface area contributed by atoms with E-state index in [1.165, 1.54) is 25.1 Å². The highest BCUT2D eigenvalue weighted by Gasteiger charge is 2.22. The molecule has 10 heteroatoms. The average molecular weight is 371 g/mol. The lowest BCUT2D eigenvalue weighted by Crippen LogP contribution is -2.41. The molecule has 0 saturated heterocycles. The Morgan fingerprint density at radius 2 is 1.88 bits per heavy atom. The Kier molecular flexibility index (Phi) is 6.92. The summed E-state index contributed by atoms with van der Waals surface area (Å²) in [4.78, 5) is 34.8. The van der Waals surface area contributed by atoms with Crippen molar-refractivity contribution >= 4 is 39.2 Å². The Bertz CT molecular complexity index is 775. The summed E-state index contributed by atoms with van der Waals surface area (Å²) in [5.41, 5.74) is 0.160. The highest BCUT2D eigenvalue weighted by molar-refractivity contribution is 7.92. The lowest BCUT2D eigenvalue weighted by molar-refractivity contribution is -0.139. The second-order valence-corrected chi connectivity index (χ2v) is 7.22. The van der Waals surface area contributed by atoms with Crippen LogP contribution >= 0.6 is 0 Å². The summed E-state index contributed by atoms with van der Waals surface area (Å²) in [6.45, 7) is 3.06. The number of benzene rings is 1. The molecule has 1 aromatic rings. The first kappa shape index (κ1) is 20.4. The molecule has 0 fully saturated rings. The first-order chi connectivity index (χ1) is 11.5. The molecule has 1 aromatic carbocycles. The maximum atomic E-state index is 12.5. The molecule has 4 N–H and O–H groups in total. The Balaban J connectivity index is 3.23. The number of aliphatic carboxylic acids is 1. The molecule has 138 valence electrons. The number of anilines is 2. The molecule has 0 aliphatic rings. The summed E-state index contributed by atoms with van der Waals surface area (Å²) in [5.74, 6) is -2.32. The van der Waals surface area contributed by atoms with Crippen LogP contribution < -0.4 is 15.4 Å². The van der Waals surface area contributed by atoms with Crippen LogP contribution in [0.3, 0.4) is 0 Å². The lowest BCUT2D eigenvalue weighted by Gasteiger charge is -2.16. The molecular formula is C15H21N3O6S. The van der Waals surface area contributed by atoms with Gasteiger partial charge in [-0.05, 0) is 24.6 Å². The molecule has 0 aliphatic heterocycles. The van der Waals surface area contributed by atoms with Gasteiger partial charge in [0, 0.05) is 12.6 Å². The van der Waals surface area contributed by atoms with Crippen LogP contribution in [-0.2, 0) is 19.6 Å². The number of sulfonamides is 1. The largest absolute Gasteiger partial charge is 0.480 e. The fourth-order valence-electron chi connectivity index (χ4n) is 2.08. The molecule has 0 aliphatic carbocycles. The van der Waals surface area contributed by atoms with E-state index in [1.807, 2.05) is 0 Å². The Hall–Kier alpha value is -2.62. The number of carbonyl (C=O) groups is 3. The van der Waals surface area contributed by atoms with E-state index in [0.717, 1.165) is 6.26 Å². The van der Waals surface area contributed by atoms with Crippen LogP contribution in [0.4, 0.5) is 11.4 Å². The maximum absolute atomic E-state index is 12.5. The highest BCUT2D eigenvalue weighted by Crippen LogP contribution is 2.22. The Labute approximate surface area is 145 Å². The van der Waals surface area contributed by atoms with Crippen LogP contribution in [0.25, 0.3) is 0 Å². The fourth-order valence-corrected chi connectivity index (χ4v) is 2.66. The third-order valence-electron chi connectivity index (χ3n) is 3.06. The van der Waals surface area contributed by atoms with E-state index in [1.54, 1.807) is 6.92 Å². The smallest absolute Gasteiger partial charge is 0.326 e. The van der Waals surface area contributed by atoms with Gasteiger partial charge >= 0.3 is 5.97 Å². The third kappa shape index (κ3) is 6.79. The van der Waals surface area contributed by atoms with E-state index in [9.17, 15) is 22.8 Å². The Morgan fingerprint density at radius 1 is 1.24 bits per heavy atom. The first-order valence-electron chi connectivity index (χ1n) is 7.46. The first-order valence-corrected chi connectivity index (χ1v) is 9.35. The van der Waals surface area contributed by atoms with Gasteiger partial charge in [0.25, 0.3) is 5.91 Å². The van der Waals surface area contributed by atoms with Gasteiger partial charge in [0.15, 0.2) is 0 Å². The summed E-state index contributed by atoms with van der Waals surface area (Å²) < 4.78 is 25.1. The quantitative estimate of drug-likeness (QED) is 0.537. The second kappa shape index (κ2) is 8.47. The lowest BCUT2D eigenvalue weighted by atomic mass is 10.1. The number of carboxylic acids is 1. The van der Waals surface area contributed by atoms with Gasteiger partial charge in [-0.2, -0.15) is 0 Å². The number of carboxylic acid groups (broad SMARTS) is 1. The SMILES string of the molecule is CCCC(NC(=O)c1cc(NC(C)=O)ccc1NS(C)(=O)=O)C(=O)O. The van der Waals surface area contributed by atoms with Gasteiger partial charge in [0.05, 0.1) is 17.5 Å². The predicted molar refractivity (Wildman–Crippen MR) is 93.0 cm³/mol. The van der Waals surface area contributed by atoms with Crippen molar-refractivity contribution < 1.29 is 27.9 Å². The maximum Gasteiger partial charge on any atom is 0.326 e. The summed E-state index contributed by atoms with van der Waals surface area (Å²) in [6, 6.07) is 2.91. The minimum atomic E-state index is -3.66. The normalized spacial score (nSPS) is 12.1. The van der Waals surface area contributed by atoms with Crippen LogP contribution in [0.5, 0.6) is 0 Å². The molecule has 0 spiro atoms. The van der Waals surface area contributed by atoms with Crippen molar-refractivity contribution in [2.45, 2.75) is 32.7 Å². The number of rotatable bonds is 8. The molecule has 0 radical (unpaired) electrons. The number of amides is 2. The summed E-state index contributed by atoms with van der Waals surface area (Å²) >= 11 is 0. The van der Waals surface area contributed by atoms with Gasteiger partial charge in [0.2, 0.25) is 15.9 Å². The van der Waals surface area contributed by atoms with Crippen LogP contribution in [0.1, 0.15) is 37.0 Å². The van der Waals surface area contributed by atoms with Crippen LogP contribution in [0.15, 0.2) is 18.2 Å². The van der Waals surface area contributed by atoms with E-state index < -0.39 is 27.9 Å². The zero-order chi connectivity index (χ0) is 19.2.